The van der Waals surface area contributed by atoms with E-state index in [2.05, 4.69) is 10.6 Å². The lowest BCUT2D eigenvalue weighted by Crippen LogP contribution is -2.38. The van der Waals surface area contributed by atoms with Crippen LogP contribution in [-0.4, -0.2) is 31.8 Å². The minimum atomic E-state index is -1.51. The van der Waals surface area contributed by atoms with E-state index < -0.39 is 23.4 Å². The van der Waals surface area contributed by atoms with Gasteiger partial charge in [-0.25, -0.2) is 4.79 Å². The summed E-state index contributed by atoms with van der Waals surface area (Å²) in [5.41, 5.74) is 0.948. The SMILES string of the molecule is COC1(OC)C(=O)Nc2ccc(NC(=O)OC(C)(C)C)cc21. The molecule has 0 atom stereocenters. The average Bonchev–Trinajstić information content (AvgIpc) is 2.68. The molecule has 1 aliphatic heterocycles. The summed E-state index contributed by atoms with van der Waals surface area (Å²) >= 11 is 0. The Labute approximate surface area is 128 Å². The summed E-state index contributed by atoms with van der Waals surface area (Å²) in [4.78, 5) is 23.9. The molecule has 1 aliphatic rings. The maximum atomic E-state index is 12.1. The fourth-order valence-electron chi connectivity index (χ4n) is 2.24. The van der Waals surface area contributed by atoms with Crippen LogP contribution >= 0.6 is 0 Å². The molecule has 1 aromatic carbocycles. The van der Waals surface area contributed by atoms with Gasteiger partial charge in [0.15, 0.2) is 0 Å². The van der Waals surface area contributed by atoms with Crippen LogP contribution in [0.3, 0.4) is 0 Å². The van der Waals surface area contributed by atoms with Crippen LogP contribution in [-0.2, 0) is 24.8 Å². The van der Waals surface area contributed by atoms with Crippen molar-refractivity contribution in [2.75, 3.05) is 24.9 Å². The molecule has 7 nitrogen and oxygen atoms in total. The van der Waals surface area contributed by atoms with E-state index in [0.717, 1.165) is 0 Å². The zero-order valence-corrected chi connectivity index (χ0v) is 13.3. The first-order valence-electron chi connectivity index (χ1n) is 6.78. The molecule has 2 N–H and O–H groups in total. The van der Waals surface area contributed by atoms with Crippen LogP contribution in [0.1, 0.15) is 26.3 Å². The topological polar surface area (TPSA) is 85.9 Å². The third kappa shape index (κ3) is 2.90. The molecule has 0 fully saturated rings. The Morgan fingerprint density at radius 3 is 2.41 bits per heavy atom. The van der Waals surface area contributed by atoms with Crippen LogP contribution in [0.5, 0.6) is 0 Å². The highest BCUT2D eigenvalue weighted by Crippen LogP contribution is 2.40. The van der Waals surface area contributed by atoms with Gasteiger partial charge in [-0.2, -0.15) is 0 Å². The van der Waals surface area contributed by atoms with Crippen LogP contribution in [0, 0.1) is 0 Å². The highest BCUT2D eigenvalue weighted by Gasteiger charge is 2.48. The Kier molecular flexibility index (Phi) is 4.12. The summed E-state index contributed by atoms with van der Waals surface area (Å²) in [7, 11) is 2.76. The van der Waals surface area contributed by atoms with Gasteiger partial charge in [-0.05, 0) is 39.0 Å². The summed E-state index contributed by atoms with van der Waals surface area (Å²) in [6, 6.07) is 4.94. The molecular formula is C15H20N2O5. The number of carbonyl (C=O) groups is 2. The monoisotopic (exact) mass is 308 g/mol. The summed E-state index contributed by atoms with van der Waals surface area (Å²) in [5.74, 6) is -1.93. The van der Waals surface area contributed by atoms with Gasteiger partial charge in [-0.3, -0.25) is 10.1 Å². The number of fused-ring (bicyclic) bond motifs is 1. The zero-order valence-electron chi connectivity index (χ0n) is 13.3. The van der Waals surface area contributed by atoms with E-state index in [1.807, 2.05) is 0 Å². The van der Waals surface area contributed by atoms with Gasteiger partial charge in [-0.15, -0.1) is 0 Å². The maximum Gasteiger partial charge on any atom is 0.412 e. The number of methoxy groups -OCH3 is 2. The maximum absolute atomic E-state index is 12.1. The summed E-state index contributed by atoms with van der Waals surface area (Å²) in [5, 5.41) is 5.29. The van der Waals surface area contributed by atoms with E-state index in [1.165, 1.54) is 14.2 Å². The number of ether oxygens (including phenoxy) is 3. The van der Waals surface area contributed by atoms with Crippen LogP contribution < -0.4 is 10.6 Å². The largest absolute Gasteiger partial charge is 0.444 e. The number of nitrogens with one attached hydrogen (secondary N) is 2. The predicted octanol–water partition coefficient (Wildman–Crippen LogP) is 2.43. The number of anilines is 2. The Balaban J connectivity index is 2.27. The second kappa shape index (κ2) is 5.58. The van der Waals surface area contributed by atoms with Crippen molar-refractivity contribution in [1.82, 2.24) is 0 Å². The quantitative estimate of drug-likeness (QED) is 0.838. The van der Waals surface area contributed by atoms with Crippen LogP contribution in [0.4, 0.5) is 16.2 Å². The second-order valence-corrected chi connectivity index (χ2v) is 5.87. The molecule has 2 rings (SSSR count). The van der Waals surface area contributed by atoms with E-state index in [9.17, 15) is 9.59 Å². The van der Waals surface area contributed by atoms with Crippen molar-refractivity contribution in [1.29, 1.82) is 0 Å². The Morgan fingerprint density at radius 2 is 1.86 bits per heavy atom. The van der Waals surface area contributed by atoms with E-state index in [1.54, 1.807) is 39.0 Å². The fourth-order valence-corrected chi connectivity index (χ4v) is 2.24. The summed E-state index contributed by atoms with van der Waals surface area (Å²) < 4.78 is 15.7. The minimum Gasteiger partial charge on any atom is -0.444 e. The molecule has 0 bridgehead atoms. The summed E-state index contributed by atoms with van der Waals surface area (Å²) in [6.07, 6.45) is -0.579. The molecule has 1 aromatic rings. The lowest BCUT2D eigenvalue weighted by molar-refractivity contribution is -0.207. The first kappa shape index (κ1) is 16.3. The minimum absolute atomic E-state index is 0.415. The Hall–Kier alpha value is -2.12. The fraction of sp³-hybridized carbons (Fsp3) is 0.467. The molecule has 0 radical (unpaired) electrons. The van der Waals surface area contributed by atoms with Gasteiger partial charge in [-0.1, -0.05) is 0 Å². The number of rotatable bonds is 3. The van der Waals surface area contributed by atoms with Crippen molar-refractivity contribution in [3.8, 4) is 0 Å². The van der Waals surface area contributed by atoms with Crippen LogP contribution in [0.15, 0.2) is 18.2 Å². The highest BCUT2D eigenvalue weighted by atomic mass is 16.7. The average molecular weight is 308 g/mol. The Morgan fingerprint density at radius 1 is 1.23 bits per heavy atom. The number of carbonyl (C=O) groups excluding carboxylic acids is 2. The molecule has 7 heteroatoms. The number of amides is 2. The molecule has 120 valence electrons. The van der Waals surface area contributed by atoms with Crippen molar-refractivity contribution < 1.29 is 23.8 Å². The van der Waals surface area contributed by atoms with Gasteiger partial charge in [0.05, 0.1) is 5.69 Å². The number of hydrogen-bond acceptors (Lipinski definition) is 5. The number of hydrogen-bond donors (Lipinski definition) is 2. The van der Waals surface area contributed by atoms with Crippen molar-refractivity contribution in [2.24, 2.45) is 0 Å². The third-order valence-corrected chi connectivity index (χ3v) is 3.14. The van der Waals surface area contributed by atoms with Crippen molar-refractivity contribution in [2.45, 2.75) is 32.2 Å². The van der Waals surface area contributed by atoms with Crippen LogP contribution in [0.25, 0.3) is 0 Å². The highest BCUT2D eigenvalue weighted by molar-refractivity contribution is 6.04. The second-order valence-electron chi connectivity index (χ2n) is 5.87. The van der Waals surface area contributed by atoms with Gasteiger partial charge in [0.1, 0.15) is 5.60 Å². The zero-order chi connectivity index (χ0) is 16.5. The number of benzene rings is 1. The van der Waals surface area contributed by atoms with Crippen LogP contribution in [0.2, 0.25) is 0 Å². The lowest BCUT2D eigenvalue weighted by atomic mass is 10.1. The van der Waals surface area contributed by atoms with E-state index in [4.69, 9.17) is 14.2 Å². The molecule has 0 saturated heterocycles. The Bertz CT molecular complexity index is 602. The summed E-state index contributed by atoms with van der Waals surface area (Å²) in [6.45, 7) is 5.33. The first-order chi connectivity index (χ1) is 10.2. The molecule has 1 heterocycles. The molecule has 22 heavy (non-hydrogen) atoms. The van der Waals surface area contributed by atoms with Gasteiger partial charge in [0.2, 0.25) is 0 Å². The molecule has 0 aromatic heterocycles. The first-order valence-corrected chi connectivity index (χ1v) is 6.78. The van der Waals surface area contributed by atoms with Gasteiger partial charge in [0, 0.05) is 25.5 Å². The third-order valence-electron chi connectivity index (χ3n) is 3.14. The lowest BCUT2D eigenvalue weighted by Gasteiger charge is -2.24. The van der Waals surface area contributed by atoms with Crippen molar-refractivity contribution in [3.63, 3.8) is 0 Å². The molecule has 0 spiro atoms. The van der Waals surface area contributed by atoms with Gasteiger partial charge in [0.25, 0.3) is 11.7 Å². The molecule has 2 amide bonds. The predicted molar refractivity (Wildman–Crippen MR) is 80.6 cm³/mol. The van der Waals surface area contributed by atoms with E-state index >= 15 is 0 Å². The molecule has 0 unspecified atom stereocenters. The van der Waals surface area contributed by atoms with Crippen molar-refractivity contribution in [3.05, 3.63) is 23.8 Å². The van der Waals surface area contributed by atoms with E-state index in [-0.39, 0.29) is 0 Å². The normalized spacial score (nSPS) is 16.0. The van der Waals surface area contributed by atoms with E-state index in [0.29, 0.717) is 16.9 Å². The van der Waals surface area contributed by atoms with Gasteiger partial charge < -0.3 is 19.5 Å². The molecular weight excluding hydrogens is 288 g/mol. The molecule has 0 saturated carbocycles. The standard InChI is InChI=1S/C15H20N2O5/c1-14(2,3)22-13(19)16-9-6-7-11-10(8-9)15(20-4,21-5)12(18)17-11/h6-8H,1-5H3,(H,16,19)(H,17,18). The van der Waals surface area contributed by atoms with Gasteiger partial charge >= 0.3 is 6.09 Å². The van der Waals surface area contributed by atoms with Crippen molar-refractivity contribution >= 4 is 23.4 Å². The molecule has 0 aliphatic carbocycles. The smallest absolute Gasteiger partial charge is 0.412 e.